The van der Waals surface area contributed by atoms with Gasteiger partial charge >= 0.3 is 0 Å². The van der Waals surface area contributed by atoms with Crippen LogP contribution < -0.4 is 14.4 Å². The third kappa shape index (κ3) is 3.64. The van der Waals surface area contributed by atoms with Crippen LogP contribution in [0.2, 0.25) is 0 Å². The zero-order chi connectivity index (χ0) is 19.8. The number of carbonyl (C=O) groups excluding carboxylic acids is 1. The summed E-state index contributed by atoms with van der Waals surface area (Å²) < 4.78 is 34.0. The van der Waals surface area contributed by atoms with Crippen molar-refractivity contribution in [2.75, 3.05) is 22.8 Å². The van der Waals surface area contributed by atoms with Gasteiger partial charge in [0.15, 0.2) is 0 Å². The van der Waals surface area contributed by atoms with E-state index in [1.165, 1.54) is 13.0 Å². The molecule has 6 nitrogen and oxygen atoms in total. The van der Waals surface area contributed by atoms with Crippen LogP contribution in [0.1, 0.15) is 33.3 Å². The van der Waals surface area contributed by atoms with E-state index in [-0.39, 0.29) is 16.2 Å². The first-order valence-electron chi connectivity index (χ1n) is 8.83. The van der Waals surface area contributed by atoms with Crippen molar-refractivity contribution in [2.24, 2.45) is 0 Å². The number of para-hydroxylation sites is 2. The van der Waals surface area contributed by atoms with Crippen molar-refractivity contribution in [3.05, 3.63) is 48.0 Å². The number of nitrogens with zero attached hydrogens (tertiary/aromatic N) is 1. The zero-order valence-corrected chi connectivity index (χ0v) is 16.8. The van der Waals surface area contributed by atoms with Crippen molar-refractivity contribution in [1.29, 1.82) is 0 Å². The van der Waals surface area contributed by atoms with Crippen LogP contribution in [0.15, 0.2) is 47.4 Å². The Balaban J connectivity index is 1.99. The lowest BCUT2D eigenvalue weighted by molar-refractivity contribution is -0.116. The second kappa shape index (κ2) is 6.88. The lowest BCUT2D eigenvalue weighted by Gasteiger charge is -2.19. The summed E-state index contributed by atoms with van der Waals surface area (Å²) in [5.41, 5.74) is 1.68. The Kier molecular flexibility index (Phi) is 4.90. The minimum atomic E-state index is -3.80. The Hall–Kier alpha value is -2.54. The first-order chi connectivity index (χ1) is 12.7. The highest BCUT2D eigenvalue weighted by molar-refractivity contribution is 7.92. The predicted molar refractivity (Wildman–Crippen MR) is 106 cm³/mol. The van der Waals surface area contributed by atoms with E-state index >= 15 is 0 Å². The fourth-order valence-electron chi connectivity index (χ4n) is 3.34. The SMILES string of the molecule is CCOc1ccccc1NS(=O)(=O)c1ccc2c(c1)C(C)(C)CN2C(C)=O. The van der Waals surface area contributed by atoms with Gasteiger partial charge < -0.3 is 9.64 Å². The number of hydrogen-bond donors (Lipinski definition) is 1. The standard InChI is InChI=1S/C20H24N2O4S/c1-5-26-19-9-7-6-8-17(19)21-27(24,25)15-10-11-18-16(12-15)20(3,4)13-22(18)14(2)23/h6-12,21H,5,13H2,1-4H3. The van der Waals surface area contributed by atoms with Gasteiger partial charge in [0.05, 0.1) is 17.2 Å². The van der Waals surface area contributed by atoms with Crippen LogP contribution in [0, 0.1) is 0 Å². The van der Waals surface area contributed by atoms with E-state index in [9.17, 15) is 13.2 Å². The second-order valence-corrected chi connectivity index (χ2v) is 8.89. The normalized spacial score (nSPS) is 15.3. The maximum atomic E-state index is 12.9. The van der Waals surface area contributed by atoms with Crippen molar-refractivity contribution in [3.63, 3.8) is 0 Å². The van der Waals surface area contributed by atoms with E-state index in [2.05, 4.69) is 4.72 Å². The van der Waals surface area contributed by atoms with Gasteiger partial charge in [-0.2, -0.15) is 0 Å². The van der Waals surface area contributed by atoms with Gasteiger partial charge in [-0.15, -0.1) is 0 Å². The minimum Gasteiger partial charge on any atom is -0.492 e. The summed E-state index contributed by atoms with van der Waals surface area (Å²) >= 11 is 0. The molecule has 0 atom stereocenters. The zero-order valence-electron chi connectivity index (χ0n) is 15.9. The molecule has 0 bridgehead atoms. The highest BCUT2D eigenvalue weighted by atomic mass is 32.2. The number of rotatable bonds is 5. The molecule has 3 rings (SSSR count). The maximum Gasteiger partial charge on any atom is 0.262 e. The molecule has 27 heavy (non-hydrogen) atoms. The molecule has 1 aliphatic rings. The number of hydrogen-bond acceptors (Lipinski definition) is 4. The van der Waals surface area contributed by atoms with Crippen molar-refractivity contribution in [3.8, 4) is 5.75 Å². The molecule has 0 saturated heterocycles. The van der Waals surface area contributed by atoms with Gasteiger partial charge in [-0.25, -0.2) is 8.42 Å². The van der Waals surface area contributed by atoms with Crippen LogP contribution in [0.4, 0.5) is 11.4 Å². The van der Waals surface area contributed by atoms with Gasteiger partial charge in [-0.1, -0.05) is 26.0 Å². The summed E-state index contributed by atoms with van der Waals surface area (Å²) in [4.78, 5) is 13.7. The minimum absolute atomic E-state index is 0.0544. The van der Waals surface area contributed by atoms with E-state index in [4.69, 9.17) is 4.74 Å². The van der Waals surface area contributed by atoms with Crippen LogP contribution in [0.3, 0.4) is 0 Å². The molecule has 0 saturated carbocycles. The fraction of sp³-hybridized carbons (Fsp3) is 0.350. The van der Waals surface area contributed by atoms with E-state index in [0.29, 0.717) is 24.6 Å². The number of sulfonamides is 1. The molecule has 0 aliphatic carbocycles. The summed E-state index contributed by atoms with van der Waals surface area (Å²) in [5, 5.41) is 0. The smallest absolute Gasteiger partial charge is 0.262 e. The summed E-state index contributed by atoms with van der Waals surface area (Å²) in [6.45, 7) is 8.33. The molecular formula is C20H24N2O4S. The van der Waals surface area contributed by atoms with Gasteiger partial charge in [-0.05, 0) is 42.8 Å². The molecule has 0 fully saturated rings. The molecule has 144 valence electrons. The second-order valence-electron chi connectivity index (χ2n) is 7.20. The molecule has 1 amide bonds. The molecule has 1 N–H and O–H groups in total. The maximum absolute atomic E-state index is 12.9. The van der Waals surface area contributed by atoms with Crippen LogP contribution in [0.25, 0.3) is 0 Å². The van der Waals surface area contributed by atoms with Crippen LogP contribution in [-0.2, 0) is 20.2 Å². The summed E-state index contributed by atoms with van der Waals surface area (Å²) in [7, 11) is -3.80. The summed E-state index contributed by atoms with van der Waals surface area (Å²) in [6, 6.07) is 11.8. The molecule has 1 heterocycles. The number of nitrogens with one attached hydrogen (secondary N) is 1. The molecule has 7 heteroatoms. The number of ether oxygens (including phenoxy) is 1. The first-order valence-corrected chi connectivity index (χ1v) is 10.3. The predicted octanol–water partition coefficient (Wildman–Crippen LogP) is 3.53. The number of anilines is 2. The Morgan fingerprint density at radius 1 is 1.22 bits per heavy atom. The molecule has 0 radical (unpaired) electrons. The molecular weight excluding hydrogens is 364 g/mol. The van der Waals surface area contributed by atoms with Crippen LogP contribution in [0.5, 0.6) is 5.75 Å². The van der Waals surface area contributed by atoms with Gasteiger partial charge in [0, 0.05) is 24.6 Å². The van der Waals surface area contributed by atoms with Crippen molar-refractivity contribution >= 4 is 27.3 Å². The van der Waals surface area contributed by atoms with Gasteiger partial charge in [0.2, 0.25) is 5.91 Å². The van der Waals surface area contributed by atoms with Crippen molar-refractivity contribution < 1.29 is 17.9 Å². The highest BCUT2D eigenvalue weighted by Crippen LogP contribution is 2.41. The lowest BCUT2D eigenvalue weighted by Crippen LogP contribution is -2.31. The van der Waals surface area contributed by atoms with E-state index in [1.807, 2.05) is 20.8 Å². The third-order valence-electron chi connectivity index (χ3n) is 4.66. The summed E-state index contributed by atoms with van der Waals surface area (Å²) in [5.74, 6) is 0.425. The largest absolute Gasteiger partial charge is 0.492 e. The van der Waals surface area contributed by atoms with E-state index in [0.717, 1.165) is 11.3 Å². The summed E-state index contributed by atoms with van der Waals surface area (Å²) in [6.07, 6.45) is 0. The van der Waals surface area contributed by atoms with Gasteiger partial charge in [0.25, 0.3) is 10.0 Å². The number of fused-ring (bicyclic) bond motifs is 1. The average molecular weight is 388 g/mol. The Morgan fingerprint density at radius 2 is 1.93 bits per heavy atom. The molecule has 2 aromatic rings. The molecule has 1 aliphatic heterocycles. The Morgan fingerprint density at radius 3 is 2.59 bits per heavy atom. The molecule has 0 aromatic heterocycles. The fourth-order valence-corrected chi connectivity index (χ4v) is 4.44. The van der Waals surface area contributed by atoms with Gasteiger partial charge in [0.1, 0.15) is 5.75 Å². The van der Waals surface area contributed by atoms with Crippen LogP contribution in [-0.4, -0.2) is 27.5 Å². The quantitative estimate of drug-likeness (QED) is 0.850. The number of carbonyl (C=O) groups is 1. The topological polar surface area (TPSA) is 75.7 Å². The van der Waals surface area contributed by atoms with E-state index < -0.39 is 10.0 Å². The molecule has 0 unspecified atom stereocenters. The number of amides is 1. The third-order valence-corrected chi connectivity index (χ3v) is 6.03. The lowest BCUT2D eigenvalue weighted by atomic mass is 9.87. The van der Waals surface area contributed by atoms with Gasteiger partial charge in [-0.3, -0.25) is 9.52 Å². The Labute approximate surface area is 160 Å². The van der Waals surface area contributed by atoms with Crippen molar-refractivity contribution in [2.45, 2.75) is 38.0 Å². The van der Waals surface area contributed by atoms with Crippen molar-refractivity contribution in [1.82, 2.24) is 0 Å². The number of benzene rings is 2. The monoisotopic (exact) mass is 388 g/mol. The highest BCUT2D eigenvalue weighted by Gasteiger charge is 2.37. The molecule has 2 aromatic carbocycles. The average Bonchev–Trinajstić information content (AvgIpc) is 2.88. The first kappa shape index (κ1) is 19.2. The van der Waals surface area contributed by atoms with Crippen LogP contribution >= 0.6 is 0 Å². The molecule has 0 spiro atoms. The van der Waals surface area contributed by atoms with E-state index in [1.54, 1.807) is 41.3 Å². The Bertz CT molecular complexity index is 983.